The molecule has 0 bridgehead atoms. The number of hydrogen-bond acceptors (Lipinski definition) is 17. The van der Waals surface area contributed by atoms with Crippen LogP contribution >= 0.6 is 0 Å². The van der Waals surface area contributed by atoms with Gasteiger partial charge in [-0.1, -0.05) is 40.0 Å². The molecule has 17 heteroatoms. The molecule has 3 aliphatic rings. The van der Waals surface area contributed by atoms with Gasteiger partial charge in [0.2, 0.25) is 6.29 Å². The summed E-state index contributed by atoms with van der Waals surface area (Å²) in [5.74, 6) is -0.679. The van der Waals surface area contributed by atoms with Gasteiger partial charge in [0.15, 0.2) is 12.6 Å². The molecule has 270 valence electrons. The molecule has 0 saturated carbocycles. The smallest absolute Gasteiger partial charge is 0.308 e. The van der Waals surface area contributed by atoms with E-state index in [0.717, 1.165) is 25.7 Å². The normalized spacial score (nSPS) is 42.2. The fourth-order valence-electron chi connectivity index (χ4n) is 5.54. The van der Waals surface area contributed by atoms with Gasteiger partial charge in [-0.2, -0.15) is 0 Å². The summed E-state index contributed by atoms with van der Waals surface area (Å²) in [4.78, 5) is 12.6. The lowest BCUT2D eigenvalue weighted by atomic mass is 9.82. The first-order chi connectivity index (χ1) is 21.6. The van der Waals surface area contributed by atoms with Crippen LogP contribution in [0.5, 0.6) is 0 Å². The van der Waals surface area contributed by atoms with Crippen molar-refractivity contribution >= 4 is 5.97 Å². The number of unbranched alkanes of at least 4 members (excludes halogenated alkanes) is 2. The predicted octanol–water partition coefficient (Wildman–Crippen LogP) is -3.64. The summed E-state index contributed by atoms with van der Waals surface area (Å²) in [6.07, 6.45) is -20.0. The summed E-state index contributed by atoms with van der Waals surface area (Å²) in [6.45, 7) is 4.29. The monoisotopic (exact) mass is 672 g/mol. The van der Waals surface area contributed by atoms with Crippen LogP contribution in [-0.4, -0.2) is 169 Å². The highest BCUT2D eigenvalue weighted by atomic mass is 16.7. The average molecular weight is 673 g/mol. The zero-order chi connectivity index (χ0) is 34.3. The number of hydrogen-bond donors (Lipinski definition) is 10. The maximum absolute atomic E-state index is 12.6. The van der Waals surface area contributed by atoms with E-state index >= 15 is 0 Å². The average Bonchev–Trinajstić information content (AvgIpc) is 3.02. The molecule has 3 saturated heterocycles. The zero-order valence-corrected chi connectivity index (χ0v) is 26.4. The molecule has 3 fully saturated rings. The van der Waals surface area contributed by atoms with Crippen LogP contribution in [-0.2, 0) is 33.2 Å². The van der Waals surface area contributed by atoms with Gasteiger partial charge in [-0.15, -0.1) is 0 Å². The van der Waals surface area contributed by atoms with Gasteiger partial charge in [0.05, 0.1) is 19.8 Å². The Balaban J connectivity index is 1.56. The van der Waals surface area contributed by atoms with Gasteiger partial charge in [0.1, 0.15) is 73.2 Å². The standard InChI is InChI=1S/C29H52O17/c1-4-5-6-8-29(2,3)9-7-16(31)46-28-25(40)22(37)19(34)15(45-28)12-42-27-24(39)21(36)18(33)14(44-27)11-41-26-23(38)20(35)17(32)13(10-30)43-26/h13-15,17-28,30,32-40H,4-12H2,1-3H3. The molecule has 3 rings (SSSR count). The highest BCUT2D eigenvalue weighted by molar-refractivity contribution is 5.69. The molecule has 0 aromatic heterocycles. The Kier molecular flexibility index (Phi) is 15.0. The predicted molar refractivity (Wildman–Crippen MR) is 152 cm³/mol. The van der Waals surface area contributed by atoms with Crippen molar-refractivity contribution in [2.45, 2.75) is 151 Å². The highest BCUT2D eigenvalue weighted by Gasteiger charge is 2.49. The van der Waals surface area contributed by atoms with Gasteiger partial charge in [-0.05, 0) is 18.3 Å². The second-order valence-electron chi connectivity index (χ2n) is 13.0. The summed E-state index contributed by atoms with van der Waals surface area (Å²) in [6, 6.07) is 0. The lowest BCUT2D eigenvalue weighted by molar-refractivity contribution is -0.340. The van der Waals surface area contributed by atoms with Crippen LogP contribution in [0, 0.1) is 5.41 Å². The van der Waals surface area contributed by atoms with Crippen molar-refractivity contribution in [2.75, 3.05) is 19.8 Å². The topological polar surface area (TPSA) is 275 Å². The van der Waals surface area contributed by atoms with Gasteiger partial charge in [-0.3, -0.25) is 4.79 Å². The Morgan fingerprint density at radius 1 is 0.609 bits per heavy atom. The molecule has 3 heterocycles. The second kappa shape index (κ2) is 17.5. The van der Waals surface area contributed by atoms with Crippen LogP contribution in [0.25, 0.3) is 0 Å². The van der Waals surface area contributed by atoms with E-state index in [0.29, 0.717) is 6.42 Å². The molecule has 15 unspecified atom stereocenters. The largest absolute Gasteiger partial charge is 0.433 e. The summed E-state index contributed by atoms with van der Waals surface area (Å²) < 4.78 is 32.5. The van der Waals surface area contributed by atoms with Gasteiger partial charge < -0.3 is 79.5 Å². The molecule has 3 aliphatic heterocycles. The molecular formula is C29H52O17. The number of esters is 1. The molecule has 0 amide bonds. The first kappa shape index (κ1) is 39.3. The molecule has 0 aliphatic carbocycles. The summed E-state index contributed by atoms with van der Waals surface area (Å²) in [5, 5.41) is 102. The third kappa shape index (κ3) is 9.96. The van der Waals surface area contributed by atoms with Crippen molar-refractivity contribution < 1.29 is 84.3 Å². The lowest BCUT2D eigenvalue weighted by Crippen LogP contribution is -2.62. The minimum atomic E-state index is -1.83. The Morgan fingerprint density at radius 2 is 1.04 bits per heavy atom. The molecular weight excluding hydrogens is 620 g/mol. The van der Waals surface area contributed by atoms with Crippen LogP contribution in [0.3, 0.4) is 0 Å². The number of carbonyl (C=O) groups excluding carboxylic acids is 1. The molecule has 0 spiro atoms. The molecule has 0 aromatic rings. The molecule has 17 nitrogen and oxygen atoms in total. The first-order valence-electron chi connectivity index (χ1n) is 15.7. The van der Waals surface area contributed by atoms with Gasteiger partial charge in [-0.25, -0.2) is 0 Å². The van der Waals surface area contributed by atoms with E-state index < -0.39 is 118 Å². The SMILES string of the molecule is CCCCCC(C)(C)CCC(=O)OC1OC(COC2OC(COC3OC(CO)C(O)C(O)C3O)C(O)C(O)C2O)C(O)C(O)C1O. The lowest BCUT2D eigenvalue weighted by Gasteiger charge is -2.43. The Morgan fingerprint density at radius 3 is 1.52 bits per heavy atom. The second-order valence-corrected chi connectivity index (χ2v) is 13.0. The van der Waals surface area contributed by atoms with Crippen LogP contribution in [0.4, 0.5) is 0 Å². The minimum absolute atomic E-state index is 0.0282. The maximum atomic E-state index is 12.6. The highest BCUT2D eigenvalue weighted by Crippen LogP contribution is 2.31. The molecule has 0 aromatic carbocycles. The molecule has 0 radical (unpaired) electrons. The maximum Gasteiger partial charge on any atom is 0.308 e. The number of ether oxygens (including phenoxy) is 6. The van der Waals surface area contributed by atoms with Gasteiger partial charge in [0.25, 0.3) is 0 Å². The van der Waals surface area contributed by atoms with Gasteiger partial charge in [0, 0.05) is 6.42 Å². The van der Waals surface area contributed by atoms with Crippen molar-refractivity contribution in [3.05, 3.63) is 0 Å². The van der Waals surface area contributed by atoms with E-state index in [1.807, 2.05) is 13.8 Å². The molecule has 10 N–H and O–H groups in total. The van der Waals surface area contributed by atoms with Crippen molar-refractivity contribution in [3.8, 4) is 0 Å². The van der Waals surface area contributed by atoms with Crippen LogP contribution < -0.4 is 0 Å². The van der Waals surface area contributed by atoms with E-state index in [2.05, 4.69) is 6.92 Å². The summed E-state index contributed by atoms with van der Waals surface area (Å²) in [7, 11) is 0. The number of carbonyl (C=O) groups is 1. The number of aliphatic hydroxyl groups excluding tert-OH is 10. The van der Waals surface area contributed by atoms with E-state index in [1.165, 1.54) is 0 Å². The van der Waals surface area contributed by atoms with Crippen molar-refractivity contribution in [1.29, 1.82) is 0 Å². The first-order valence-corrected chi connectivity index (χ1v) is 15.7. The van der Waals surface area contributed by atoms with E-state index in [1.54, 1.807) is 0 Å². The van der Waals surface area contributed by atoms with Crippen molar-refractivity contribution in [3.63, 3.8) is 0 Å². The Labute approximate surface area is 267 Å². The number of aliphatic hydroxyl groups is 10. The summed E-state index contributed by atoms with van der Waals surface area (Å²) >= 11 is 0. The molecule has 15 atom stereocenters. The van der Waals surface area contributed by atoms with E-state index in [-0.39, 0.29) is 11.8 Å². The van der Waals surface area contributed by atoms with E-state index in [9.17, 15) is 55.9 Å². The minimum Gasteiger partial charge on any atom is -0.433 e. The van der Waals surface area contributed by atoms with Crippen LogP contribution in [0.15, 0.2) is 0 Å². The van der Waals surface area contributed by atoms with Crippen LogP contribution in [0.2, 0.25) is 0 Å². The van der Waals surface area contributed by atoms with E-state index in [4.69, 9.17) is 28.4 Å². The fraction of sp³-hybridized carbons (Fsp3) is 0.966. The molecule has 46 heavy (non-hydrogen) atoms. The third-order valence-corrected chi connectivity index (χ3v) is 8.75. The van der Waals surface area contributed by atoms with Gasteiger partial charge >= 0.3 is 5.97 Å². The number of rotatable bonds is 15. The Bertz CT molecular complexity index is 922. The quantitative estimate of drug-likeness (QED) is 0.0593. The zero-order valence-electron chi connectivity index (χ0n) is 26.4. The Hall–Kier alpha value is -1.13. The van der Waals surface area contributed by atoms with Crippen molar-refractivity contribution in [1.82, 2.24) is 0 Å². The fourth-order valence-corrected chi connectivity index (χ4v) is 5.54. The van der Waals surface area contributed by atoms with Crippen molar-refractivity contribution in [2.24, 2.45) is 5.41 Å². The summed E-state index contributed by atoms with van der Waals surface area (Å²) in [5.41, 5.74) is -0.122. The van der Waals surface area contributed by atoms with Crippen LogP contribution in [0.1, 0.15) is 59.3 Å². The third-order valence-electron chi connectivity index (χ3n) is 8.75.